The van der Waals surface area contributed by atoms with Gasteiger partial charge in [0.2, 0.25) is 0 Å². The number of carboxylic acids is 2. The lowest BCUT2D eigenvalue weighted by molar-refractivity contribution is -0.149. The number of aliphatic carboxylic acids is 2. The Morgan fingerprint density at radius 1 is 0.750 bits per heavy atom. The molecule has 0 aromatic rings. The van der Waals surface area contributed by atoms with Gasteiger partial charge in [-0.15, -0.1) is 0 Å². The fourth-order valence-corrected chi connectivity index (χ4v) is 2.29. The van der Waals surface area contributed by atoms with Crippen molar-refractivity contribution >= 4 is 23.9 Å². The van der Waals surface area contributed by atoms with E-state index in [1.54, 1.807) is 0 Å². The lowest BCUT2D eigenvalue weighted by Gasteiger charge is -2.16. The summed E-state index contributed by atoms with van der Waals surface area (Å²) in [4.78, 5) is 43.6. The Hall–Kier alpha value is -2.72. The van der Waals surface area contributed by atoms with Gasteiger partial charge in [-0.05, 0) is 0 Å². The Balaban J connectivity index is 1.87. The fraction of sp³-hybridized carbons (Fsp3) is 0.429. The standard InChI is InChI=1S/C14H14O10/c15-9(16)1-3-11(19)23-7-5-21-14-8(6-22-13(7)14)24-12(20)4-2-10(17)18/h1-4,7-8,13-14H,5-6H2,(H,15,16)(H,17,18)/b3-1+,4-2+/t7-,8-,13+,14+/m0/s1. The lowest BCUT2D eigenvalue weighted by Crippen LogP contribution is -2.35. The van der Waals surface area contributed by atoms with Gasteiger partial charge in [-0.25, -0.2) is 19.2 Å². The molecular formula is C14H14O10. The van der Waals surface area contributed by atoms with Crippen molar-refractivity contribution in [3.05, 3.63) is 24.3 Å². The normalized spacial score (nSPS) is 28.8. The molecule has 0 bridgehead atoms. The maximum absolute atomic E-state index is 11.5. The van der Waals surface area contributed by atoms with Crippen LogP contribution >= 0.6 is 0 Å². The third-order valence-electron chi connectivity index (χ3n) is 3.22. The molecule has 10 heteroatoms. The molecule has 2 aliphatic heterocycles. The third kappa shape index (κ3) is 4.64. The first kappa shape index (κ1) is 17.6. The van der Waals surface area contributed by atoms with Gasteiger partial charge >= 0.3 is 23.9 Å². The summed E-state index contributed by atoms with van der Waals surface area (Å²) in [5.41, 5.74) is 0. The van der Waals surface area contributed by atoms with Crippen molar-refractivity contribution in [1.82, 2.24) is 0 Å². The zero-order chi connectivity index (χ0) is 17.7. The molecule has 2 heterocycles. The van der Waals surface area contributed by atoms with Crippen molar-refractivity contribution in [2.45, 2.75) is 24.4 Å². The van der Waals surface area contributed by atoms with E-state index < -0.39 is 48.3 Å². The molecule has 2 rings (SSSR count). The first-order valence-corrected chi connectivity index (χ1v) is 6.83. The van der Waals surface area contributed by atoms with E-state index >= 15 is 0 Å². The Morgan fingerprint density at radius 2 is 1.12 bits per heavy atom. The van der Waals surface area contributed by atoms with Gasteiger partial charge in [-0.1, -0.05) is 0 Å². The summed E-state index contributed by atoms with van der Waals surface area (Å²) in [6.07, 6.45) is -0.0348. The van der Waals surface area contributed by atoms with Crippen LogP contribution < -0.4 is 0 Å². The van der Waals surface area contributed by atoms with E-state index in [1.165, 1.54) is 0 Å². The molecule has 0 radical (unpaired) electrons. The van der Waals surface area contributed by atoms with Crippen LogP contribution in [0, 0.1) is 0 Å². The highest BCUT2D eigenvalue weighted by atomic mass is 16.7. The second-order valence-electron chi connectivity index (χ2n) is 4.89. The highest BCUT2D eigenvalue weighted by Gasteiger charge is 2.50. The number of carbonyl (C=O) groups is 4. The van der Waals surface area contributed by atoms with Gasteiger partial charge in [0.1, 0.15) is 12.2 Å². The molecule has 2 fully saturated rings. The summed E-state index contributed by atoms with van der Waals surface area (Å²) in [6.45, 7) is 0.00199. The number of hydrogen-bond acceptors (Lipinski definition) is 8. The number of fused-ring (bicyclic) bond motifs is 1. The van der Waals surface area contributed by atoms with Crippen molar-refractivity contribution < 1.29 is 48.3 Å². The zero-order valence-corrected chi connectivity index (χ0v) is 12.2. The summed E-state index contributed by atoms with van der Waals surface area (Å²) < 4.78 is 20.9. The second-order valence-corrected chi connectivity index (χ2v) is 4.89. The van der Waals surface area contributed by atoms with E-state index in [4.69, 9.17) is 29.2 Å². The number of carboxylic acid groups (broad SMARTS) is 2. The molecule has 0 amide bonds. The second kappa shape index (κ2) is 7.70. The maximum Gasteiger partial charge on any atom is 0.331 e. The van der Waals surface area contributed by atoms with Crippen molar-refractivity contribution in [3.8, 4) is 0 Å². The molecule has 0 saturated carbocycles. The molecule has 0 aliphatic carbocycles. The largest absolute Gasteiger partial charge is 0.478 e. The van der Waals surface area contributed by atoms with E-state index in [1.807, 2.05) is 0 Å². The molecule has 2 aliphatic rings. The molecular weight excluding hydrogens is 328 g/mol. The lowest BCUT2D eigenvalue weighted by atomic mass is 10.1. The van der Waals surface area contributed by atoms with Crippen LogP contribution in [0.15, 0.2) is 24.3 Å². The SMILES string of the molecule is O=C(O)/C=C/C(=O)O[C@H]1CO[C@H]2[C@@H]1OC[C@@H]2OC(=O)/C=C/C(=O)O. The third-order valence-corrected chi connectivity index (χ3v) is 3.22. The molecule has 10 nitrogen and oxygen atoms in total. The van der Waals surface area contributed by atoms with Gasteiger partial charge in [0.05, 0.1) is 13.2 Å². The molecule has 2 saturated heterocycles. The number of hydrogen-bond donors (Lipinski definition) is 2. The maximum atomic E-state index is 11.5. The van der Waals surface area contributed by atoms with Crippen molar-refractivity contribution in [3.63, 3.8) is 0 Å². The zero-order valence-electron chi connectivity index (χ0n) is 12.2. The molecule has 0 aromatic heterocycles. The summed E-state index contributed by atoms with van der Waals surface area (Å²) >= 11 is 0. The number of esters is 2. The van der Waals surface area contributed by atoms with E-state index in [-0.39, 0.29) is 13.2 Å². The van der Waals surface area contributed by atoms with Crippen LogP contribution in [0.4, 0.5) is 0 Å². The van der Waals surface area contributed by atoms with Crippen LogP contribution in [0.2, 0.25) is 0 Å². The minimum atomic E-state index is -1.29. The summed E-state index contributed by atoms with van der Waals surface area (Å²) in [6, 6.07) is 0. The Morgan fingerprint density at radius 3 is 1.46 bits per heavy atom. The highest BCUT2D eigenvalue weighted by Crippen LogP contribution is 2.30. The minimum Gasteiger partial charge on any atom is -0.478 e. The van der Waals surface area contributed by atoms with Crippen LogP contribution in [-0.4, -0.2) is 71.7 Å². The molecule has 24 heavy (non-hydrogen) atoms. The van der Waals surface area contributed by atoms with Crippen LogP contribution in [0.25, 0.3) is 0 Å². The number of ether oxygens (including phenoxy) is 4. The fourth-order valence-electron chi connectivity index (χ4n) is 2.29. The van der Waals surface area contributed by atoms with Crippen molar-refractivity contribution in [2.24, 2.45) is 0 Å². The predicted molar refractivity (Wildman–Crippen MR) is 72.8 cm³/mol. The average Bonchev–Trinajstić information content (AvgIpc) is 3.07. The molecule has 130 valence electrons. The molecule has 0 spiro atoms. The van der Waals surface area contributed by atoms with Crippen molar-refractivity contribution in [2.75, 3.05) is 13.2 Å². The smallest absolute Gasteiger partial charge is 0.331 e. The van der Waals surface area contributed by atoms with E-state index in [0.717, 1.165) is 12.2 Å². The van der Waals surface area contributed by atoms with Crippen LogP contribution in [0.3, 0.4) is 0 Å². The number of carbonyl (C=O) groups excluding carboxylic acids is 2. The first-order valence-electron chi connectivity index (χ1n) is 6.83. The monoisotopic (exact) mass is 342 g/mol. The topological polar surface area (TPSA) is 146 Å². The van der Waals surface area contributed by atoms with Gasteiger partial charge in [0.25, 0.3) is 0 Å². The van der Waals surface area contributed by atoms with Crippen molar-refractivity contribution in [1.29, 1.82) is 0 Å². The average molecular weight is 342 g/mol. The van der Waals surface area contributed by atoms with Crippen LogP contribution in [-0.2, 0) is 38.1 Å². The first-order chi connectivity index (χ1) is 11.4. The summed E-state index contributed by atoms with van der Waals surface area (Å²) in [5, 5.41) is 16.9. The molecule has 0 unspecified atom stereocenters. The molecule has 2 N–H and O–H groups in total. The number of rotatable bonds is 6. The minimum absolute atomic E-state index is 0.000993. The Kier molecular flexibility index (Phi) is 5.66. The van der Waals surface area contributed by atoms with Gasteiger partial charge in [-0.3, -0.25) is 0 Å². The van der Waals surface area contributed by atoms with Gasteiger partial charge in [0, 0.05) is 24.3 Å². The van der Waals surface area contributed by atoms with Gasteiger partial charge < -0.3 is 29.2 Å². The quantitative estimate of drug-likeness (QED) is 0.450. The van der Waals surface area contributed by atoms with E-state index in [9.17, 15) is 19.2 Å². The summed E-state index contributed by atoms with van der Waals surface area (Å²) in [7, 11) is 0. The van der Waals surface area contributed by atoms with E-state index in [0.29, 0.717) is 12.2 Å². The van der Waals surface area contributed by atoms with E-state index in [2.05, 4.69) is 0 Å². The van der Waals surface area contributed by atoms with Crippen LogP contribution in [0.1, 0.15) is 0 Å². The van der Waals surface area contributed by atoms with Crippen LogP contribution in [0.5, 0.6) is 0 Å². The Labute approximate surface area is 135 Å². The highest BCUT2D eigenvalue weighted by molar-refractivity contribution is 5.91. The molecule has 0 aromatic carbocycles. The van der Waals surface area contributed by atoms with Gasteiger partial charge in [-0.2, -0.15) is 0 Å². The Bertz CT molecular complexity index is 540. The summed E-state index contributed by atoms with van der Waals surface area (Å²) in [5.74, 6) is -4.29. The van der Waals surface area contributed by atoms with Gasteiger partial charge in [0.15, 0.2) is 12.2 Å². The molecule has 4 atom stereocenters. The predicted octanol–water partition coefficient (Wildman–Crippen LogP) is -1.11.